The number of nitrogens with zero attached hydrogens (tertiary/aromatic N) is 1. The van der Waals surface area contributed by atoms with Gasteiger partial charge in [0.15, 0.2) is 6.10 Å². The van der Waals surface area contributed by atoms with Crippen LogP contribution < -0.4 is 4.89 Å². The molecule has 78 heavy (non-hydrogen) atoms. The van der Waals surface area contributed by atoms with Crippen molar-refractivity contribution in [2.75, 3.05) is 47.5 Å². The van der Waals surface area contributed by atoms with Crippen LogP contribution in [0.5, 0.6) is 0 Å². The van der Waals surface area contributed by atoms with Gasteiger partial charge in [-0.25, -0.2) is 0 Å². The van der Waals surface area contributed by atoms with E-state index in [2.05, 4.69) is 74.6 Å². The Bertz CT molecular complexity index is 1500. The fourth-order valence-corrected chi connectivity index (χ4v) is 10.2. The normalized spacial score (nSPS) is 13.6. The fourth-order valence-electron chi connectivity index (χ4n) is 9.47. The lowest BCUT2D eigenvalue weighted by Gasteiger charge is -2.28. The predicted molar refractivity (Wildman–Crippen MR) is 333 cm³/mol. The highest BCUT2D eigenvalue weighted by Gasteiger charge is 2.22. The molecule has 10 heteroatoms. The van der Waals surface area contributed by atoms with Crippen molar-refractivity contribution in [2.24, 2.45) is 0 Å². The Kier molecular flexibility index (Phi) is 57.6. The van der Waals surface area contributed by atoms with E-state index in [-0.39, 0.29) is 32.0 Å². The van der Waals surface area contributed by atoms with Crippen molar-refractivity contribution in [2.45, 2.75) is 315 Å². The number of phosphoric acid groups is 1. The summed E-state index contributed by atoms with van der Waals surface area (Å²) in [5, 5.41) is 0. The average molecular weight is 1120 g/mol. The molecule has 2 atom stereocenters. The van der Waals surface area contributed by atoms with Gasteiger partial charge in [0.05, 0.1) is 27.7 Å². The third kappa shape index (κ3) is 62.9. The number of esters is 2. The molecule has 0 aliphatic heterocycles. The molecule has 0 N–H and O–H groups in total. The highest BCUT2D eigenvalue weighted by Crippen LogP contribution is 2.38. The minimum atomic E-state index is -4.64. The number of unbranched alkanes of at least 4 members (excludes halogenated alkanes) is 37. The van der Waals surface area contributed by atoms with Gasteiger partial charge >= 0.3 is 11.9 Å². The number of hydrogen-bond acceptors (Lipinski definition) is 8. The average Bonchev–Trinajstić information content (AvgIpc) is 3.40. The zero-order valence-corrected chi connectivity index (χ0v) is 52.8. The van der Waals surface area contributed by atoms with Crippen molar-refractivity contribution in [1.29, 1.82) is 0 Å². The molecule has 0 aliphatic rings. The largest absolute Gasteiger partial charge is 0.756 e. The second kappa shape index (κ2) is 59.3. The number of allylic oxidation sites excluding steroid dienone is 10. The van der Waals surface area contributed by atoms with Crippen molar-refractivity contribution in [1.82, 2.24) is 0 Å². The monoisotopic (exact) mass is 1120 g/mol. The van der Waals surface area contributed by atoms with Crippen molar-refractivity contribution in [3.05, 3.63) is 60.8 Å². The van der Waals surface area contributed by atoms with Gasteiger partial charge in [-0.3, -0.25) is 14.2 Å². The standard InChI is InChI=1S/C68H126NO8P/c1-6-8-10-12-14-16-18-20-22-24-25-26-27-28-29-30-31-32-33-34-35-36-37-38-39-40-41-42-43-45-46-48-50-52-54-56-58-60-67(70)74-64-66(65-76-78(72,73)75-63-62-69(3,4)5)77-68(71)61-59-57-55-53-51-49-47-44-23-21-19-17-15-13-11-9-7-2/h9,11,15,17,21,23-25,47,49,66H,6-8,10,12-14,16,18-20,22,26-46,48,50-65H2,1-5H3/b11-9-,17-15-,23-21-,25-24-,49-47-. The van der Waals surface area contributed by atoms with E-state index in [0.717, 1.165) is 70.6 Å². The summed E-state index contributed by atoms with van der Waals surface area (Å²) in [6, 6.07) is 0. The Balaban J connectivity index is 3.93. The van der Waals surface area contributed by atoms with E-state index in [0.29, 0.717) is 17.4 Å². The van der Waals surface area contributed by atoms with Crippen LogP contribution in [0.25, 0.3) is 0 Å². The van der Waals surface area contributed by atoms with E-state index in [9.17, 15) is 19.0 Å². The smallest absolute Gasteiger partial charge is 0.306 e. The van der Waals surface area contributed by atoms with Gasteiger partial charge in [0.1, 0.15) is 19.8 Å². The molecule has 0 heterocycles. The molecule has 0 spiro atoms. The van der Waals surface area contributed by atoms with Crippen molar-refractivity contribution in [3.63, 3.8) is 0 Å². The molecule has 0 bridgehead atoms. The first kappa shape index (κ1) is 75.7. The van der Waals surface area contributed by atoms with Crippen LogP contribution in [0.4, 0.5) is 0 Å². The Morgan fingerprint density at radius 1 is 0.410 bits per heavy atom. The minimum absolute atomic E-state index is 0.0366. The van der Waals surface area contributed by atoms with Gasteiger partial charge in [0.2, 0.25) is 0 Å². The van der Waals surface area contributed by atoms with E-state index in [1.807, 2.05) is 21.1 Å². The summed E-state index contributed by atoms with van der Waals surface area (Å²) in [5.74, 6) is -0.852. The second-order valence-electron chi connectivity index (χ2n) is 23.5. The second-order valence-corrected chi connectivity index (χ2v) is 24.9. The number of phosphoric ester groups is 1. The van der Waals surface area contributed by atoms with Gasteiger partial charge in [0.25, 0.3) is 7.82 Å². The van der Waals surface area contributed by atoms with E-state index >= 15 is 0 Å². The summed E-state index contributed by atoms with van der Waals surface area (Å²) in [6.45, 7) is 4.13. The van der Waals surface area contributed by atoms with E-state index in [1.165, 1.54) is 205 Å². The lowest BCUT2D eigenvalue weighted by molar-refractivity contribution is -0.870. The summed E-state index contributed by atoms with van der Waals surface area (Å²) in [6.07, 6.45) is 77.5. The SMILES string of the molecule is CC/C=C\C/C=C\C/C=C\C/C=C\CCCCCCC(=O)OC(COC(=O)CCCCCCCCCCCCCCCCCCCCCCCCCCC/C=C\CCCCCCCCCC)COP(=O)([O-])OCC[N+](C)(C)C. The van der Waals surface area contributed by atoms with Crippen LogP contribution in [-0.2, 0) is 32.7 Å². The molecule has 0 aromatic heterocycles. The molecule has 0 amide bonds. The van der Waals surface area contributed by atoms with Crippen molar-refractivity contribution >= 4 is 19.8 Å². The first-order valence-electron chi connectivity index (χ1n) is 33.0. The third-order valence-corrected chi connectivity index (χ3v) is 15.5. The Hall–Kier alpha value is -2.29. The van der Waals surface area contributed by atoms with Crippen molar-refractivity contribution in [3.8, 4) is 0 Å². The number of quaternary nitrogens is 1. The quantitative estimate of drug-likeness (QED) is 0.0195. The number of hydrogen-bond donors (Lipinski definition) is 0. The molecular formula is C68H126NO8P. The number of carbonyl (C=O) groups excluding carboxylic acids is 2. The molecule has 0 saturated carbocycles. The Morgan fingerprint density at radius 2 is 0.731 bits per heavy atom. The molecular weight excluding hydrogens is 990 g/mol. The van der Waals surface area contributed by atoms with Crippen LogP contribution in [0, 0.1) is 0 Å². The summed E-state index contributed by atoms with van der Waals surface area (Å²) >= 11 is 0. The van der Waals surface area contributed by atoms with E-state index in [1.54, 1.807) is 0 Å². The zero-order valence-electron chi connectivity index (χ0n) is 51.9. The summed E-state index contributed by atoms with van der Waals surface area (Å²) in [4.78, 5) is 37.9. The van der Waals surface area contributed by atoms with Gasteiger partial charge in [-0.1, -0.05) is 280 Å². The van der Waals surface area contributed by atoms with Gasteiger partial charge in [0, 0.05) is 12.8 Å². The first-order chi connectivity index (χ1) is 38.0. The Morgan fingerprint density at radius 3 is 1.10 bits per heavy atom. The molecule has 0 radical (unpaired) electrons. The van der Waals surface area contributed by atoms with Gasteiger partial charge in [-0.15, -0.1) is 0 Å². The molecule has 0 saturated heterocycles. The number of carbonyl (C=O) groups is 2. The summed E-state index contributed by atoms with van der Waals surface area (Å²) < 4.78 is 34.2. The topological polar surface area (TPSA) is 111 Å². The maximum absolute atomic E-state index is 12.8. The maximum atomic E-state index is 12.8. The number of likely N-dealkylation sites (N-methyl/N-ethyl adjacent to an activating group) is 1. The molecule has 0 aliphatic carbocycles. The van der Waals surface area contributed by atoms with Gasteiger partial charge < -0.3 is 27.9 Å². The Labute approximate surface area is 483 Å². The molecule has 0 rings (SSSR count). The third-order valence-electron chi connectivity index (χ3n) is 14.5. The lowest BCUT2D eigenvalue weighted by Crippen LogP contribution is -2.37. The maximum Gasteiger partial charge on any atom is 0.306 e. The van der Waals surface area contributed by atoms with Crippen LogP contribution in [0.2, 0.25) is 0 Å². The minimum Gasteiger partial charge on any atom is -0.756 e. The van der Waals surface area contributed by atoms with E-state index < -0.39 is 26.5 Å². The first-order valence-corrected chi connectivity index (χ1v) is 34.5. The number of ether oxygens (including phenoxy) is 2. The summed E-state index contributed by atoms with van der Waals surface area (Å²) in [5.41, 5.74) is 0. The highest BCUT2D eigenvalue weighted by atomic mass is 31.2. The molecule has 2 unspecified atom stereocenters. The highest BCUT2D eigenvalue weighted by molar-refractivity contribution is 7.45. The molecule has 0 aromatic carbocycles. The van der Waals surface area contributed by atoms with E-state index in [4.69, 9.17) is 18.5 Å². The van der Waals surface area contributed by atoms with Crippen LogP contribution in [0.3, 0.4) is 0 Å². The summed E-state index contributed by atoms with van der Waals surface area (Å²) in [7, 11) is 1.15. The molecule has 9 nitrogen and oxygen atoms in total. The van der Waals surface area contributed by atoms with Crippen LogP contribution in [-0.4, -0.2) is 70.0 Å². The van der Waals surface area contributed by atoms with Crippen molar-refractivity contribution < 1.29 is 42.1 Å². The van der Waals surface area contributed by atoms with Crippen LogP contribution >= 0.6 is 7.82 Å². The van der Waals surface area contributed by atoms with Crippen LogP contribution in [0.1, 0.15) is 309 Å². The van der Waals surface area contributed by atoms with Gasteiger partial charge in [-0.2, -0.15) is 0 Å². The van der Waals surface area contributed by atoms with Crippen LogP contribution in [0.15, 0.2) is 60.8 Å². The molecule has 0 aromatic rings. The number of rotatable bonds is 61. The zero-order chi connectivity index (χ0) is 57.0. The fraction of sp³-hybridized carbons (Fsp3) is 0.824. The molecule has 0 fully saturated rings. The molecule has 456 valence electrons. The van der Waals surface area contributed by atoms with Gasteiger partial charge in [-0.05, 0) is 77.0 Å². The lowest BCUT2D eigenvalue weighted by atomic mass is 10.0. The predicted octanol–water partition coefficient (Wildman–Crippen LogP) is 20.4.